The zero-order valence-corrected chi connectivity index (χ0v) is 17.7. The Morgan fingerprint density at radius 2 is 1.87 bits per heavy atom. The van der Waals surface area contributed by atoms with Crippen LogP contribution in [0.2, 0.25) is 5.02 Å². The fourth-order valence-electron chi connectivity index (χ4n) is 3.65. The molecule has 1 amide bonds. The number of hydrogen-bond acceptors (Lipinski definition) is 5. The summed E-state index contributed by atoms with van der Waals surface area (Å²) >= 11 is 5.94. The van der Waals surface area contributed by atoms with Gasteiger partial charge in [-0.3, -0.25) is 9.59 Å². The molecule has 0 bridgehead atoms. The summed E-state index contributed by atoms with van der Waals surface area (Å²) in [5.74, 6) is -0.0638. The molecular weight excluding hydrogens is 414 g/mol. The number of aromatic nitrogens is 2. The van der Waals surface area contributed by atoms with Crippen LogP contribution in [0.1, 0.15) is 34.5 Å². The summed E-state index contributed by atoms with van der Waals surface area (Å²) in [7, 11) is 0. The maximum atomic E-state index is 12.8. The first kappa shape index (κ1) is 20.6. The number of amides is 1. The molecule has 0 atom stereocenters. The van der Waals surface area contributed by atoms with Crippen molar-refractivity contribution in [2.24, 2.45) is 0 Å². The summed E-state index contributed by atoms with van der Waals surface area (Å²) < 4.78 is 1.67. The molecule has 0 saturated carbocycles. The molecule has 4 rings (SSSR count). The number of nitrogens with zero attached hydrogens (tertiary/aromatic N) is 4. The second-order valence-electron chi connectivity index (χ2n) is 7.36. The molecule has 0 spiro atoms. The van der Waals surface area contributed by atoms with E-state index in [4.69, 9.17) is 11.6 Å². The van der Waals surface area contributed by atoms with Crippen LogP contribution in [0.5, 0.6) is 0 Å². The van der Waals surface area contributed by atoms with E-state index in [-0.39, 0.29) is 11.7 Å². The molecule has 1 aliphatic rings. The van der Waals surface area contributed by atoms with E-state index in [1.165, 1.54) is 6.20 Å². The Labute approximate surface area is 184 Å². The highest BCUT2D eigenvalue weighted by molar-refractivity contribution is 6.30. The van der Waals surface area contributed by atoms with Gasteiger partial charge >= 0.3 is 0 Å². The maximum Gasteiger partial charge on any atom is 0.259 e. The van der Waals surface area contributed by atoms with Gasteiger partial charge in [-0.15, -0.1) is 0 Å². The van der Waals surface area contributed by atoms with E-state index in [1.54, 1.807) is 28.9 Å². The van der Waals surface area contributed by atoms with Crippen molar-refractivity contribution in [3.8, 4) is 11.8 Å². The van der Waals surface area contributed by atoms with Gasteiger partial charge in [0.1, 0.15) is 11.9 Å². The summed E-state index contributed by atoms with van der Waals surface area (Å²) in [4.78, 5) is 26.4. The third kappa shape index (κ3) is 4.30. The normalized spacial score (nSPS) is 13.7. The van der Waals surface area contributed by atoms with Crippen LogP contribution in [-0.2, 0) is 4.79 Å². The molecule has 3 aromatic rings. The molecule has 1 saturated heterocycles. The molecule has 2 heterocycles. The third-order valence-corrected chi connectivity index (χ3v) is 5.61. The smallest absolute Gasteiger partial charge is 0.259 e. The van der Waals surface area contributed by atoms with Gasteiger partial charge in [-0.25, -0.2) is 4.68 Å². The Hall–Kier alpha value is -3.63. The van der Waals surface area contributed by atoms with Gasteiger partial charge < -0.3 is 10.2 Å². The third-order valence-electron chi connectivity index (χ3n) is 5.36. The Morgan fingerprint density at radius 3 is 2.55 bits per heavy atom. The van der Waals surface area contributed by atoms with Gasteiger partial charge in [0, 0.05) is 36.6 Å². The van der Waals surface area contributed by atoms with Gasteiger partial charge in [-0.1, -0.05) is 11.6 Å². The van der Waals surface area contributed by atoms with Crippen LogP contribution in [0, 0.1) is 18.3 Å². The van der Waals surface area contributed by atoms with Gasteiger partial charge in [0.15, 0.2) is 0 Å². The summed E-state index contributed by atoms with van der Waals surface area (Å²) in [6.07, 6.45) is 2.49. The molecule has 1 fully saturated rings. The molecule has 0 radical (unpaired) electrons. The van der Waals surface area contributed by atoms with Crippen molar-refractivity contribution >= 4 is 34.7 Å². The molecule has 7 nitrogen and oxygen atoms in total. The van der Waals surface area contributed by atoms with E-state index in [0.29, 0.717) is 53.5 Å². The standard InChI is InChI=1S/C23H20ClN5O2/c1-15-21(14-26-29(15)19-5-2-17(24)3-6-19)23(31)27-18-4-7-22(16(12-18)13-25)28-10-8-20(30)9-11-28/h2-7,12,14H,8-11H2,1H3,(H,27,31). The lowest BCUT2D eigenvalue weighted by atomic mass is 10.1. The molecular formula is C23H20ClN5O2. The van der Waals surface area contributed by atoms with Gasteiger partial charge in [0.05, 0.1) is 34.4 Å². The minimum atomic E-state index is -0.307. The highest BCUT2D eigenvalue weighted by atomic mass is 35.5. The van der Waals surface area contributed by atoms with Crippen LogP contribution in [0.25, 0.3) is 5.69 Å². The number of hydrogen-bond donors (Lipinski definition) is 1. The predicted molar refractivity (Wildman–Crippen MR) is 119 cm³/mol. The lowest BCUT2D eigenvalue weighted by Crippen LogP contribution is -2.34. The van der Waals surface area contributed by atoms with Gasteiger partial charge in [-0.2, -0.15) is 10.4 Å². The van der Waals surface area contributed by atoms with Crippen LogP contribution in [0.3, 0.4) is 0 Å². The van der Waals surface area contributed by atoms with E-state index in [9.17, 15) is 14.9 Å². The molecule has 2 aromatic carbocycles. The number of ketones is 1. The molecule has 0 aliphatic carbocycles. The SMILES string of the molecule is Cc1c(C(=O)Nc2ccc(N3CCC(=O)CC3)c(C#N)c2)cnn1-c1ccc(Cl)cc1. The topological polar surface area (TPSA) is 91.0 Å². The van der Waals surface area contributed by atoms with Gasteiger partial charge in [0.2, 0.25) is 0 Å². The molecule has 8 heteroatoms. The number of halogens is 1. The summed E-state index contributed by atoms with van der Waals surface area (Å²) in [6, 6.07) is 14.6. The number of rotatable bonds is 4. The number of nitriles is 1. The zero-order valence-electron chi connectivity index (χ0n) is 16.9. The van der Waals surface area contributed by atoms with Crippen molar-refractivity contribution in [2.75, 3.05) is 23.3 Å². The molecule has 31 heavy (non-hydrogen) atoms. The van der Waals surface area contributed by atoms with Crippen molar-refractivity contribution in [1.82, 2.24) is 9.78 Å². The van der Waals surface area contributed by atoms with E-state index >= 15 is 0 Å². The van der Waals surface area contributed by atoms with Crippen LogP contribution in [0.15, 0.2) is 48.7 Å². The van der Waals surface area contributed by atoms with E-state index in [0.717, 1.165) is 11.4 Å². The quantitative estimate of drug-likeness (QED) is 0.668. The Bertz CT molecular complexity index is 1180. The first-order valence-electron chi connectivity index (χ1n) is 9.89. The van der Waals surface area contributed by atoms with Crippen LogP contribution >= 0.6 is 11.6 Å². The molecule has 0 unspecified atom stereocenters. The lowest BCUT2D eigenvalue weighted by Gasteiger charge is -2.29. The first-order valence-corrected chi connectivity index (χ1v) is 10.3. The highest BCUT2D eigenvalue weighted by Crippen LogP contribution is 2.26. The van der Waals surface area contributed by atoms with Gasteiger partial charge in [-0.05, 0) is 49.4 Å². The fraction of sp³-hybridized carbons (Fsp3) is 0.217. The predicted octanol–water partition coefficient (Wildman–Crippen LogP) is 4.13. The largest absolute Gasteiger partial charge is 0.370 e. The monoisotopic (exact) mass is 433 g/mol. The first-order chi connectivity index (χ1) is 15.0. The van der Waals surface area contributed by atoms with Crippen LogP contribution < -0.4 is 10.2 Å². The maximum absolute atomic E-state index is 12.8. The fourth-order valence-corrected chi connectivity index (χ4v) is 3.78. The number of nitrogens with one attached hydrogen (secondary N) is 1. The summed E-state index contributed by atoms with van der Waals surface area (Å²) in [5, 5.41) is 17.4. The minimum absolute atomic E-state index is 0.244. The number of benzene rings is 2. The average molecular weight is 434 g/mol. The van der Waals surface area contributed by atoms with Crippen molar-refractivity contribution in [3.63, 3.8) is 0 Å². The molecule has 1 N–H and O–H groups in total. The Kier molecular flexibility index (Phi) is 5.74. The zero-order chi connectivity index (χ0) is 22.0. The number of carbonyl (C=O) groups is 2. The molecule has 1 aromatic heterocycles. The second-order valence-corrected chi connectivity index (χ2v) is 7.79. The Morgan fingerprint density at radius 1 is 1.16 bits per heavy atom. The second kappa shape index (κ2) is 8.62. The van der Waals surface area contributed by atoms with Crippen molar-refractivity contribution in [3.05, 3.63) is 70.5 Å². The molecule has 1 aliphatic heterocycles. The Balaban J connectivity index is 1.53. The summed E-state index contributed by atoms with van der Waals surface area (Å²) in [6.45, 7) is 3.02. The van der Waals surface area contributed by atoms with Crippen molar-refractivity contribution in [2.45, 2.75) is 19.8 Å². The molecule has 156 valence electrons. The number of piperidine rings is 1. The number of carbonyl (C=O) groups excluding carboxylic acids is 2. The average Bonchev–Trinajstić information content (AvgIpc) is 3.16. The minimum Gasteiger partial charge on any atom is -0.370 e. The van der Waals surface area contributed by atoms with Crippen molar-refractivity contribution < 1.29 is 9.59 Å². The van der Waals surface area contributed by atoms with Crippen LogP contribution in [0.4, 0.5) is 11.4 Å². The van der Waals surface area contributed by atoms with Crippen molar-refractivity contribution in [1.29, 1.82) is 5.26 Å². The number of Topliss-reactive ketones (excluding diaryl/α,β-unsaturated/α-hetero) is 1. The number of anilines is 2. The van der Waals surface area contributed by atoms with E-state index in [1.807, 2.05) is 30.0 Å². The van der Waals surface area contributed by atoms with E-state index in [2.05, 4.69) is 16.5 Å². The lowest BCUT2D eigenvalue weighted by molar-refractivity contribution is -0.119. The van der Waals surface area contributed by atoms with E-state index < -0.39 is 0 Å². The van der Waals surface area contributed by atoms with Gasteiger partial charge in [0.25, 0.3) is 5.91 Å². The summed E-state index contributed by atoms with van der Waals surface area (Å²) in [5.41, 5.74) is 3.69. The van der Waals surface area contributed by atoms with Crippen LogP contribution in [-0.4, -0.2) is 34.6 Å². The highest BCUT2D eigenvalue weighted by Gasteiger charge is 2.20.